The van der Waals surface area contributed by atoms with E-state index in [2.05, 4.69) is 53.8 Å². The minimum atomic E-state index is 0.488. The van der Waals surface area contributed by atoms with Crippen LogP contribution in [0.1, 0.15) is 30.9 Å². The molecule has 0 unspecified atom stereocenters. The van der Waals surface area contributed by atoms with Gasteiger partial charge in [0.05, 0.1) is 11.2 Å². The molecule has 2 heterocycles. The summed E-state index contributed by atoms with van der Waals surface area (Å²) in [6.07, 6.45) is 2.09. The SMILES string of the molecule is Cc1ccn2c(C)nc(CNC(C)C)c2c1. The van der Waals surface area contributed by atoms with Crippen LogP contribution in [0.3, 0.4) is 0 Å². The largest absolute Gasteiger partial charge is 0.309 e. The Hall–Kier alpha value is -1.35. The molecule has 0 saturated carbocycles. The third-order valence-electron chi connectivity index (χ3n) is 2.73. The number of hydrogen-bond acceptors (Lipinski definition) is 2. The first-order valence-corrected chi connectivity index (χ1v) is 5.75. The van der Waals surface area contributed by atoms with Crippen LogP contribution in [-0.2, 0) is 6.54 Å². The molecule has 16 heavy (non-hydrogen) atoms. The second-order valence-corrected chi connectivity index (χ2v) is 4.60. The summed E-state index contributed by atoms with van der Waals surface area (Å²) in [5.74, 6) is 1.05. The van der Waals surface area contributed by atoms with Gasteiger partial charge < -0.3 is 9.72 Å². The van der Waals surface area contributed by atoms with E-state index in [4.69, 9.17) is 0 Å². The van der Waals surface area contributed by atoms with Crippen molar-refractivity contribution < 1.29 is 0 Å². The summed E-state index contributed by atoms with van der Waals surface area (Å²) < 4.78 is 2.14. The molecule has 0 saturated heterocycles. The number of aromatic nitrogens is 2. The molecular weight excluding hydrogens is 198 g/mol. The highest BCUT2D eigenvalue weighted by molar-refractivity contribution is 5.54. The second kappa shape index (κ2) is 4.26. The van der Waals surface area contributed by atoms with E-state index in [1.54, 1.807) is 0 Å². The van der Waals surface area contributed by atoms with Crippen LogP contribution in [0.4, 0.5) is 0 Å². The molecule has 0 amide bonds. The van der Waals surface area contributed by atoms with Crippen LogP contribution in [0.2, 0.25) is 0 Å². The predicted octanol–water partition coefficient (Wildman–Crippen LogP) is 2.45. The lowest BCUT2D eigenvalue weighted by molar-refractivity contribution is 0.584. The zero-order valence-electron chi connectivity index (χ0n) is 10.4. The van der Waals surface area contributed by atoms with Gasteiger partial charge in [0.15, 0.2) is 0 Å². The molecule has 0 radical (unpaired) electrons. The summed E-state index contributed by atoms with van der Waals surface area (Å²) >= 11 is 0. The maximum atomic E-state index is 4.60. The average molecular weight is 217 g/mol. The monoisotopic (exact) mass is 217 g/mol. The number of fused-ring (bicyclic) bond motifs is 1. The Kier molecular flexibility index (Phi) is 2.97. The lowest BCUT2D eigenvalue weighted by Crippen LogP contribution is -2.22. The van der Waals surface area contributed by atoms with E-state index in [9.17, 15) is 0 Å². The van der Waals surface area contributed by atoms with Gasteiger partial charge in [0.25, 0.3) is 0 Å². The minimum Gasteiger partial charge on any atom is -0.309 e. The highest BCUT2D eigenvalue weighted by Crippen LogP contribution is 2.14. The summed E-state index contributed by atoms with van der Waals surface area (Å²) in [6.45, 7) is 9.29. The van der Waals surface area contributed by atoms with Crippen LogP contribution < -0.4 is 5.32 Å². The Morgan fingerprint density at radius 1 is 1.38 bits per heavy atom. The Bertz CT molecular complexity index is 497. The first-order valence-electron chi connectivity index (χ1n) is 5.75. The summed E-state index contributed by atoms with van der Waals surface area (Å²) in [5, 5.41) is 3.41. The Balaban J connectivity index is 2.41. The third kappa shape index (κ3) is 2.09. The third-order valence-corrected chi connectivity index (χ3v) is 2.73. The maximum absolute atomic E-state index is 4.60. The first-order chi connectivity index (χ1) is 7.58. The molecule has 0 aliphatic heterocycles. The van der Waals surface area contributed by atoms with Gasteiger partial charge in [-0.15, -0.1) is 0 Å². The number of imidazole rings is 1. The molecule has 2 rings (SSSR count). The van der Waals surface area contributed by atoms with E-state index in [1.165, 1.54) is 11.1 Å². The van der Waals surface area contributed by atoms with Crippen LogP contribution in [-0.4, -0.2) is 15.4 Å². The fraction of sp³-hybridized carbons (Fsp3) is 0.462. The van der Waals surface area contributed by atoms with Crippen molar-refractivity contribution in [2.75, 3.05) is 0 Å². The van der Waals surface area contributed by atoms with Gasteiger partial charge >= 0.3 is 0 Å². The number of nitrogens with zero attached hydrogens (tertiary/aromatic N) is 2. The van der Waals surface area contributed by atoms with Crippen molar-refractivity contribution in [2.24, 2.45) is 0 Å². The molecule has 0 bridgehead atoms. The predicted molar refractivity (Wildman–Crippen MR) is 66.6 cm³/mol. The van der Waals surface area contributed by atoms with Crippen LogP contribution in [0.25, 0.3) is 5.52 Å². The van der Waals surface area contributed by atoms with E-state index in [1.807, 2.05) is 6.92 Å². The van der Waals surface area contributed by atoms with Crippen molar-refractivity contribution in [1.82, 2.24) is 14.7 Å². The molecule has 0 aliphatic rings. The smallest absolute Gasteiger partial charge is 0.110 e. The van der Waals surface area contributed by atoms with Gasteiger partial charge in [-0.25, -0.2) is 4.98 Å². The minimum absolute atomic E-state index is 0.488. The maximum Gasteiger partial charge on any atom is 0.110 e. The summed E-state index contributed by atoms with van der Waals surface area (Å²) in [6, 6.07) is 4.79. The molecule has 2 aromatic heterocycles. The van der Waals surface area contributed by atoms with E-state index in [0.29, 0.717) is 6.04 Å². The summed E-state index contributed by atoms with van der Waals surface area (Å²) in [7, 11) is 0. The van der Waals surface area contributed by atoms with Crippen molar-refractivity contribution >= 4 is 5.52 Å². The quantitative estimate of drug-likeness (QED) is 0.855. The van der Waals surface area contributed by atoms with Crippen LogP contribution >= 0.6 is 0 Å². The molecule has 3 heteroatoms. The van der Waals surface area contributed by atoms with Gasteiger partial charge in [0.2, 0.25) is 0 Å². The molecule has 86 valence electrons. The Morgan fingerprint density at radius 2 is 2.12 bits per heavy atom. The van der Waals surface area contributed by atoms with Crippen molar-refractivity contribution in [3.05, 3.63) is 35.4 Å². The average Bonchev–Trinajstić information content (AvgIpc) is 2.52. The molecule has 0 aliphatic carbocycles. The number of hydrogen-bond donors (Lipinski definition) is 1. The number of pyridine rings is 1. The van der Waals surface area contributed by atoms with Gasteiger partial charge in [-0.05, 0) is 31.5 Å². The molecule has 2 aromatic rings. The zero-order chi connectivity index (χ0) is 11.7. The van der Waals surface area contributed by atoms with Crippen LogP contribution in [0, 0.1) is 13.8 Å². The molecule has 0 aromatic carbocycles. The van der Waals surface area contributed by atoms with Gasteiger partial charge in [-0.2, -0.15) is 0 Å². The standard InChI is InChI=1S/C13H19N3/c1-9(2)14-8-12-13-7-10(3)5-6-16(13)11(4)15-12/h5-7,9,14H,8H2,1-4H3. The molecule has 0 fully saturated rings. The zero-order valence-corrected chi connectivity index (χ0v) is 10.4. The molecular formula is C13H19N3. The van der Waals surface area contributed by atoms with Crippen molar-refractivity contribution in [3.63, 3.8) is 0 Å². The highest BCUT2D eigenvalue weighted by atomic mass is 15.0. The number of aryl methyl sites for hydroxylation is 2. The lowest BCUT2D eigenvalue weighted by atomic mass is 10.2. The van der Waals surface area contributed by atoms with Gasteiger partial charge in [0, 0.05) is 18.8 Å². The van der Waals surface area contributed by atoms with E-state index >= 15 is 0 Å². The molecule has 3 nitrogen and oxygen atoms in total. The summed E-state index contributed by atoms with van der Waals surface area (Å²) in [5.41, 5.74) is 3.62. The van der Waals surface area contributed by atoms with Gasteiger partial charge in [-0.1, -0.05) is 13.8 Å². The van der Waals surface area contributed by atoms with E-state index in [0.717, 1.165) is 18.1 Å². The Morgan fingerprint density at radius 3 is 2.81 bits per heavy atom. The van der Waals surface area contributed by atoms with Crippen molar-refractivity contribution in [1.29, 1.82) is 0 Å². The van der Waals surface area contributed by atoms with Gasteiger partial charge in [-0.3, -0.25) is 0 Å². The molecule has 0 atom stereocenters. The fourth-order valence-electron chi connectivity index (χ4n) is 1.85. The fourth-order valence-corrected chi connectivity index (χ4v) is 1.85. The van der Waals surface area contributed by atoms with E-state index in [-0.39, 0.29) is 0 Å². The normalized spacial score (nSPS) is 11.6. The molecule has 0 spiro atoms. The second-order valence-electron chi connectivity index (χ2n) is 4.60. The van der Waals surface area contributed by atoms with Gasteiger partial charge in [0.1, 0.15) is 5.82 Å². The topological polar surface area (TPSA) is 29.3 Å². The van der Waals surface area contributed by atoms with Crippen molar-refractivity contribution in [3.8, 4) is 0 Å². The van der Waals surface area contributed by atoms with E-state index < -0.39 is 0 Å². The Labute approximate surface area is 96.5 Å². The van der Waals surface area contributed by atoms with Crippen molar-refractivity contribution in [2.45, 2.75) is 40.3 Å². The lowest BCUT2D eigenvalue weighted by Gasteiger charge is -2.06. The first kappa shape index (κ1) is 11.1. The highest BCUT2D eigenvalue weighted by Gasteiger charge is 2.08. The number of rotatable bonds is 3. The van der Waals surface area contributed by atoms with Crippen LogP contribution in [0.5, 0.6) is 0 Å². The number of nitrogens with one attached hydrogen (secondary N) is 1. The summed E-state index contributed by atoms with van der Waals surface area (Å²) in [4.78, 5) is 4.60. The van der Waals surface area contributed by atoms with Crippen LogP contribution in [0.15, 0.2) is 18.3 Å². The molecule has 1 N–H and O–H groups in total.